The maximum absolute atomic E-state index is 15.3. The summed E-state index contributed by atoms with van der Waals surface area (Å²) in [7, 11) is -4.81. The molecule has 0 saturated heterocycles. The molecule has 37 heavy (non-hydrogen) atoms. The highest BCUT2D eigenvalue weighted by molar-refractivity contribution is 14.1. The van der Waals surface area contributed by atoms with Gasteiger partial charge in [0, 0.05) is 21.7 Å². The largest absolute Gasteiger partial charge is 0.478 e. The molecular formula is C25H19F2IN4O4S. The molecule has 4 aromatic rings. The van der Waals surface area contributed by atoms with Gasteiger partial charge in [-0.15, -0.1) is 0 Å². The molecule has 0 radical (unpaired) electrons. The predicted molar refractivity (Wildman–Crippen MR) is 141 cm³/mol. The van der Waals surface area contributed by atoms with Gasteiger partial charge in [0.1, 0.15) is 10.9 Å². The second kappa shape index (κ2) is 10.9. The standard InChI is InChI=1S/C25H19F2IN4O4S/c1-14-12-15(28)8-9-17(14)31-23-16(25(33)34)13-20(21(26)22(23)27)37(35,36)32-24(18-6-2-4-10-29-18)19-7-3-5-11-30-19/h2-13,24,31-32H,1H3,(H,33,34). The van der Waals surface area contributed by atoms with Gasteiger partial charge >= 0.3 is 5.97 Å². The van der Waals surface area contributed by atoms with Gasteiger partial charge in [-0.05, 0) is 83.6 Å². The maximum Gasteiger partial charge on any atom is 0.337 e. The molecular weight excluding hydrogens is 617 g/mol. The van der Waals surface area contributed by atoms with Gasteiger partial charge in [0.25, 0.3) is 0 Å². The molecule has 0 unspecified atom stereocenters. The van der Waals surface area contributed by atoms with Crippen molar-refractivity contribution >= 4 is 50.0 Å². The average molecular weight is 636 g/mol. The number of rotatable bonds is 8. The summed E-state index contributed by atoms with van der Waals surface area (Å²) in [4.78, 5) is 19.1. The van der Waals surface area contributed by atoms with Crippen molar-refractivity contribution in [3.63, 3.8) is 0 Å². The number of carbonyl (C=O) groups is 1. The van der Waals surface area contributed by atoms with Crippen LogP contribution in [0.1, 0.15) is 33.4 Å². The number of hydrogen-bond acceptors (Lipinski definition) is 6. The van der Waals surface area contributed by atoms with E-state index >= 15 is 8.78 Å². The predicted octanol–water partition coefficient (Wildman–Crippen LogP) is 5.18. The van der Waals surface area contributed by atoms with Crippen LogP contribution in [-0.2, 0) is 10.0 Å². The van der Waals surface area contributed by atoms with Gasteiger partial charge in [-0.25, -0.2) is 22.0 Å². The zero-order chi connectivity index (χ0) is 26.7. The van der Waals surface area contributed by atoms with Crippen molar-refractivity contribution in [2.45, 2.75) is 17.9 Å². The number of carboxylic acid groups (broad SMARTS) is 1. The smallest absolute Gasteiger partial charge is 0.337 e. The first-order chi connectivity index (χ1) is 17.6. The molecule has 2 heterocycles. The third-order valence-electron chi connectivity index (χ3n) is 5.38. The van der Waals surface area contributed by atoms with Gasteiger partial charge in [0.2, 0.25) is 10.0 Å². The van der Waals surface area contributed by atoms with E-state index < -0.39 is 49.8 Å². The summed E-state index contributed by atoms with van der Waals surface area (Å²) in [5.74, 6) is -5.03. The van der Waals surface area contributed by atoms with Crippen molar-refractivity contribution in [2.24, 2.45) is 0 Å². The number of carboxylic acids is 1. The van der Waals surface area contributed by atoms with Crippen molar-refractivity contribution in [3.05, 3.63) is 111 Å². The van der Waals surface area contributed by atoms with Gasteiger partial charge in [-0.1, -0.05) is 12.1 Å². The molecule has 0 aliphatic rings. The minimum Gasteiger partial charge on any atom is -0.478 e. The number of aromatic carboxylic acids is 1. The van der Waals surface area contributed by atoms with Crippen molar-refractivity contribution < 1.29 is 27.1 Å². The Morgan fingerprint density at radius 2 is 1.59 bits per heavy atom. The fraction of sp³-hybridized carbons (Fsp3) is 0.0800. The van der Waals surface area contributed by atoms with Crippen LogP contribution in [0.4, 0.5) is 20.2 Å². The zero-order valence-electron chi connectivity index (χ0n) is 19.1. The lowest BCUT2D eigenvalue weighted by Gasteiger charge is -2.20. The lowest BCUT2D eigenvalue weighted by molar-refractivity contribution is 0.0697. The molecule has 2 aromatic carbocycles. The van der Waals surface area contributed by atoms with Crippen molar-refractivity contribution in [1.29, 1.82) is 0 Å². The van der Waals surface area contributed by atoms with Gasteiger partial charge in [-0.2, -0.15) is 4.72 Å². The summed E-state index contributed by atoms with van der Waals surface area (Å²) in [5, 5.41) is 12.3. The van der Waals surface area contributed by atoms with Crippen molar-refractivity contribution in [2.75, 3.05) is 5.32 Å². The molecule has 2 aromatic heterocycles. The van der Waals surface area contributed by atoms with Crippen LogP contribution < -0.4 is 10.0 Å². The number of halogens is 3. The molecule has 0 saturated carbocycles. The number of nitrogens with zero attached hydrogens (tertiary/aromatic N) is 2. The number of sulfonamides is 1. The second-order valence-corrected chi connectivity index (χ2v) is 10.8. The Kier molecular flexibility index (Phi) is 7.80. The molecule has 0 fully saturated rings. The number of benzene rings is 2. The molecule has 8 nitrogen and oxygen atoms in total. The van der Waals surface area contributed by atoms with Crippen molar-refractivity contribution in [1.82, 2.24) is 14.7 Å². The number of nitrogens with one attached hydrogen (secondary N) is 2. The molecule has 12 heteroatoms. The number of anilines is 2. The van der Waals surface area contributed by atoms with Crippen LogP contribution in [0.25, 0.3) is 0 Å². The molecule has 0 spiro atoms. The molecule has 3 N–H and O–H groups in total. The minimum atomic E-state index is -4.81. The highest BCUT2D eigenvalue weighted by Gasteiger charge is 2.32. The molecule has 0 bridgehead atoms. The summed E-state index contributed by atoms with van der Waals surface area (Å²) in [5.41, 5.74) is 0.0205. The van der Waals surface area contributed by atoms with Crippen molar-refractivity contribution in [3.8, 4) is 0 Å². The fourth-order valence-corrected chi connectivity index (χ4v) is 5.50. The van der Waals surface area contributed by atoms with E-state index in [9.17, 15) is 18.3 Å². The van der Waals surface area contributed by atoms with Crippen LogP contribution in [0, 0.1) is 22.1 Å². The molecule has 0 atom stereocenters. The van der Waals surface area contributed by atoms with E-state index in [2.05, 4.69) is 42.6 Å². The van der Waals surface area contributed by atoms with Crippen LogP contribution >= 0.6 is 22.6 Å². The summed E-state index contributed by atoms with van der Waals surface area (Å²) < 4.78 is 60.3. The van der Waals surface area contributed by atoms with Crippen LogP contribution in [0.15, 0.2) is 78.0 Å². The van der Waals surface area contributed by atoms with Gasteiger partial charge in [-0.3, -0.25) is 9.97 Å². The first kappa shape index (κ1) is 26.6. The van der Waals surface area contributed by atoms with Gasteiger partial charge < -0.3 is 10.4 Å². The summed E-state index contributed by atoms with van der Waals surface area (Å²) in [6, 6.07) is 14.1. The Morgan fingerprint density at radius 1 is 0.973 bits per heavy atom. The third-order valence-corrected chi connectivity index (χ3v) is 7.47. The topological polar surface area (TPSA) is 121 Å². The number of aryl methyl sites for hydroxylation is 1. The summed E-state index contributed by atoms with van der Waals surface area (Å²) in [6.45, 7) is 1.71. The summed E-state index contributed by atoms with van der Waals surface area (Å²) >= 11 is 2.07. The fourth-order valence-electron chi connectivity index (χ4n) is 3.58. The molecule has 0 amide bonds. The number of hydrogen-bond donors (Lipinski definition) is 3. The maximum atomic E-state index is 15.3. The summed E-state index contributed by atoms with van der Waals surface area (Å²) in [6.07, 6.45) is 2.88. The number of aromatic nitrogens is 2. The van der Waals surface area contributed by atoms with Crippen LogP contribution in [0.2, 0.25) is 0 Å². The van der Waals surface area contributed by atoms with E-state index in [-0.39, 0.29) is 11.4 Å². The van der Waals surface area contributed by atoms with E-state index in [0.717, 1.165) is 3.57 Å². The van der Waals surface area contributed by atoms with E-state index in [4.69, 9.17) is 0 Å². The lowest BCUT2D eigenvalue weighted by Crippen LogP contribution is -2.31. The van der Waals surface area contributed by atoms with E-state index in [0.29, 0.717) is 17.3 Å². The first-order valence-electron chi connectivity index (χ1n) is 10.7. The van der Waals surface area contributed by atoms with Crippen LogP contribution in [-0.4, -0.2) is 29.5 Å². The Hall–Kier alpha value is -3.49. The highest BCUT2D eigenvalue weighted by Crippen LogP contribution is 2.33. The van der Waals surface area contributed by atoms with Gasteiger partial charge in [0.05, 0.1) is 22.6 Å². The normalized spacial score (nSPS) is 11.5. The SMILES string of the molecule is Cc1cc(I)ccc1Nc1c(C(=O)O)cc(S(=O)(=O)NC(c2ccccn2)c2ccccn2)c(F)c1F. The van der Waals surface area contributed by atoms with Gasteiger partial charge in [0.15, 0.2) is 11.6 Å². The monoisotopic (exact) mass is 636 g/mol. The highest BCUT2D eigenvalue weighted by atomic mass is 127. The van der Waals surface area contributed by atoms with E-state index in [1.807, 2.05) is 0 Å². The lowest BCUT2D eigenvalue weighted by atomic mass is 10.1. The van der Waals surface area contributed by atoms with E-state index in [1.165, 1.54) is 24.5 Å². The minimum absolute atomic E-state index is 0.247. The Labute approximate surface area is 225 Å². The molecule has 4 rings (SSSR count). The zero-order valence-corrected chi connectivity index (χ0v) is 22.1. The molecule has 0 aliphatic carbocycles. The molecule has 190 valence electrons. The third kappa shape index (κ3) is 5.76. The Morgan fingerprint density at radius 3 is 2.11 bits per heavy atom. The van der Waals surface area contributed by atoms with Crippen LogP contribution in [0.3, 0.4) is 0 Å². The molecule has 0 aliphatic heterocycles. The average Bonchev–Trinajstić information content (AvgIpc) is 2.87. The Balaban J connectivity index is 1.80. The second-order valence-electron chi connectivity index (χ2n) is 7.88. The van der Waals surface area contributed by atoms with E-state index in [1.54, 1.807) is 49.4 Å². The number of pyridine rings is 2. The quantitative estimate of drug-likeness (QED) is 0.228. The first-order valence-corrected chi connectivity index (χ1v) is 13.3. The van der Waals surface area contributed by atoms with Crippen LogP contribution in [0.5, 0.6) is 0 Å². The Bertz CT molecular complexity index is 1530.